The average Bonchev–Trinajstić information content (AvgIpc) is 3.08. The van der Waals surface area contributed by atoms with Crippen molar-refractivity contribution in [2.24, 2.45) is 0 Å². The van der Waals surface area contributed by atoms with Gasteiger partial charge in [0.25, 0.3) is 5.91 Å². The van der Waals surface area contributed by atoms with Crippen LogP contribution < -0.4 is 0 Å². The summed E-state index contributed by atoms with van der Waals surface area (Å²) in [5.74, 6) is 1.91. The zero-order chi connectivity index (χ0) is 14.1. The number of likely N-dealkylation sites (tertiary alicyclic amines) is 1. The van der Waals surface area contributed by atoms with Crippen LogP contribution in [0.15, 0.2) is 22.7 Å². The molecule has 1 atom stereocenters. The molecule has 106 valence electrons. The molecule has 1 saturated heterocycles. The lowest BCUT2D eigenvalue weighted by Gasteiger charge is -2.32. The van der Waals surface area contributed by atoms with Crippen LogP contribution in [0.2, 0.25) is 0 Å². The number of hydrogen-bond donors (Lipinski definition) is 1. The molecule has 20 heavy (non-hydrogen) atoms. The minimum atomic E-state index is 0.0727. The summed E-state index contributed by atoms with van der Waals surface area (Å²) >= 11 is 0. The predicted octanol–water partition coefficient (Wildman–Crippen LogP) is 2.64. The molecule has 0 saturated carbocycles. The van der Waals surface area contributed by atoms with Gasteiger partial charge in [-0.25, -0.2) is 0 Å². The normalized spacial score (nSPS) is 19.3. The van der Waals surface area contributed by atoms with Crippen LogP contribution in [-0.4, -0.2) is 34.1 Å². The number of furan rings is 1. The first-order valence-electron chi connectivity index (χ1n) is 7.00. The zero-order valence-corrected chi connectivity index (χ0v) is 11.8. The number of piperidine rings is 1. The number of aromatic nitrogens is 2. The molecule has 0 bridgehead atoms. The van der Waals surface area contributed by atoms with Crippen LogP contribution in [0, 0.1) is 13.8 Å². The first kappa shape index (κ1) is 13.0. The summed E-state index contributed by atoms with van der Waals surface area (Å²) in [6, 6.07) is 3.82. The van der Waals surface area contributed by atoms with E-state index in [2.05, 4.69) is 10.2 Å². The zero-order valence-electron chi connectivity index (χ0n) is 11.8. The molecule has 1 unspecified atom stereocenters. The highest BCUT2D eigenvalue weighted by atomic mass is 16.3. The maximum Gasteiger partial charge on any atom is 0.257 e. The fraction of sp³-hybridized carbons (Fsp3) is 0.467. The molecule has 2 aromatic rings. The number of carbonyl (C=O) groups excluding carboxylic acids is 1. The molecule has 5 heteroatoms. The Hall–Kier alpha value is -2.04. The minimum Gasteiger partial charge on any atom is -0.466 e. The molecule has 1 aliphatic rings. The molecule has 3 heterocycles. The number of nitrogens with one attached hydrogen (secondary N) is 1. The minimum absolute atomic E-state index is 0.0727. The van der Waals surface area contributed by atoms with Crippen molar-refractivity contribution >= 4 is 5.91 Å². The van der Waals surface area contributed by atoms with Crippen LogP contribution in [0.5, 0.6) is 0 Å². The van der Waals surface area contributed by atoms with Gasteiger partial charge in [0.15, 0.2) is 0 Å². The SMILES string of the molecule is Cc1cc(C(=O)N2CCCC(c3ccn[nH]3)C2)c(C)o1. The number of hydrogen-bond acceptors (Lipinski definition) is 3. The van der Waals surface area contributed by atoms with Crippen LogP contribution >= 0.6 is 0 Å². The number of aryl methyl sites for hydroxylation is 2. The number of rotatable bonds is 2. The van der Waals surface area contributed by atoms with Crippen LogP contribution in [0.3, 0.4) is 0 Å². The third kappa shape index (κ3) is 2.35. The van der Waals surface area contributed by atoms with Gasteiger partial charge < -0.3 is 9.32 Å². The molecular formula is C15H19N3O2. The Kier molecular flexibility index (Phi) is 3.34. The fourth-order valence-corrected chi connectivity index (χ4v) is 2.92. The third-order valence-electron chi connectivity index (χ3n) is 3.94. The molecule has 1 amide bonds. The second-order valence-corrected chi connectivity index (χ2v) is 5.43. The van der Waals surface area contributed by atoms with E-state index in [1.54, 1.807) is 6.20 Å². The maximum absolute atomic E-state index is 12.6. The van der Waals surface area contributed by atoms with Crippen molar-refractivity contribution in [2.75, 3.05) is 13.1 Å². The van der Waals surface area contributed by atoms with Gasteiger partial charge in [-0.2, -0.15) is 5.10 Å². The highest BCUT2D eigenvalue weighted by Crippen LogP contribution is 2.27. The molecule has 5 nitrogen and oxygen atoms in total. The lowest BCUT2D eigenvalue weighted by molar-refractivity contribution is 0.0704. The molecule has 0 spiro atoms. The van der Waals surface area contributed by atoms with Crippen LogP contribution in [0.1, 0.15) is 46.3 Å². The summed E-state index contributed by atoms with van der Waals surface area (Å²) in [4.78, 5) is 14.5. The van der Waals surface area contributed by atoms with Crippen molar-refractivity contribution in [2.45, 2.75) is 32.6 Å². The number of H-pyrrole nitrogens is 1. The Bertz CT molecular complexity index is 601. The van der Waals surface area contributed by atoms with Gasteiger partial charge in [0.05, 0.1) is 5.56 Å². The van der Waals surface area contributed by atoms with Crippen molar-refractivity contribution in [3.8, 4) is 0 Å². The number of nitrogens with zero attached hydrogens (tertiary/aromatic N) is 2. The molecular weight excluding hydrogens is 254 g/mol. The highest BCUT2D eigenvalue weighted by Gasteiger charge is 2.27. The molecule has 3 rings (SSSR count). The van der Waals surface area contributed by atoms with Crippen molar-refractivity contribution in [3.05, 3.63) is 41.1 Å². The van der Waals surface area contributed by atoms with E-state index < -0.39 is 0 Å². The van der Waals surface area contributed by atoms with Gasteiger partial charge in [-0.15, -0.1) is 0 Å². The largest absolute Gasteiger partial charge is 0.466 e. The summed E-state index contributed by atoms with van der Waals surface area (Å²) in [6.45, 7) is 5.27. The molecule has 1 N–H and O–H groups in total. The lowest BCUT2D eigenvalue weighted by Crippen LogP contribution is -2.39. The van der Waals surface area contributed by atoms with E-state index in [1.165, 1.54) is 0 Å². The Morgan fingerprint density at radius 2 is 2.35 bits per heavy atom. The predicted molar refractivity (Wildman–Crippen MR) is 74.6 cm³/mol. The number of carbonyl (C=O) groups is 1. The Morgan fingerprint density at radius 3 is 3.00 bits per heavy atom. The van der Waals surface area contributed by atoms with Crippen LogP contribution in [-0.2, 0) is 0 Å². The molecule has 1 aliphatic heterocycles. The van der Waals surface area contributed by atoms with Crippen molar-refractivity contribution < 1.29 is 9.21 Å². The Labute approximate surface area is 118 Å². The molecule has 1 fully saturated rings. The smallest absolute Gasteiger partial charge is 0.257 e. The van der Waals surface area contributed by atoms with Crippen molar-refractivity contribution in [1.82, 2.24) is 15.1 Å². The number of aromatic amines is 1. The van der Waals surface area contributed by atoms with E-state index in [4.69, 9.17) is 4.42 Å². The molecule has 2 aromatic heterocycles. The summed E-state index contributed by atoms with van der Waals surface area (Å²) in [6.07, 6.45) is 3.88. The Morgan fingerprint density at radius 1 is 1.50 bits per heavy atom. The van der Waals surface area contributed by atoms with Gasteiger partial charge in [0.1, 0.15) is 11.5 Å². The number of amides is 1. The lowest BCUT2D eigenvalue weighted by atomic mass is 9.94. The second kappa shape index (κ2) is 5.15. The maximum atomic E-state index is 12.6. The molecule has 0 radical (unpaired) electrons. The summed E-state index contributed by atoms with van der Waals surface area (Å²) in [7, 11) is 0. The average molecular weight is 273 g/mol. The van der Waals surface area contributed by atoms with Crippen molar-refractivity contribution in [1.29, 1.82) is 0 Å². The first-order valence-corrected chi connectivity index (χ1v) is 7.00. The van der Waals surface area contributed by atoms with Gasteiger partial charge in [0.2, 0.25) is 0 Å². The van der Waals surface area contributed by atoms with Crippen molar-refractivity contribution in [3.63, 3.8) is 0 Å². The van der Waals surface area contributed by atoms with Gasteiger partial charge >= 0.3 is 0 Å². The van der Waals surface area contributed by atoms with Gasteiger partial charge in [0, 0.05) is 30.9 Å². The van der Waals surface area contributed by atoms with E-state index in [0.29, 0.717) is 17.2 Å². The molecule has 0 aromatic carbocycles. The highest BCUT2D eigenvalue weighted by molar-refractivity contribution is 5.95. The van der Waals surface area contributed by atoms with Crippen LogP contribution in [0.25, 0.3) is 0 Å². The quantitative estimate of drug-likeness (QED) is 0.915. The fourth-order valence-electron chi connectivity index (χ4n) is 2.92. The van der Waals surface area contributed by atoms with Gasteiger partial charge in [-0.3, -0.25) is 9.89 Å². The van der Waals surface area contributed by atoms with Crippen LogP contribution in [0.4, 0.5) is 0 Å². The monoisotopic (exact) mass is 273 g/mol. The standard InChI is InChI=1S/C15H19N3O2/c1-10-8-13(11(2)20-10)15(19)18-7-3-4-12(9-18)14-5-6-16-17-14/h5-6,8,12H,3-4,7,9H2,1-2H3,(H,16,17). The summed E-state index contributed by atoms with van der Waals surface area (Å²) in [5, 5.41) is 7.01. The van der Waals surface area contributed by atoms with Gasteiger partial charge in [-0.05, 0) is 38.8 Å². The third-order valence-corrected chi connectivity index (χ3v) is 3.94. The topological polar surface area (TPSA) is 62.1 Å². The molecule has 0 aliphatic carbocycles. The van der Waals surface area contributed by atoms with E-state index in [9.17, 15) is 4.79 Å². The van der Waals surface area contributed by atoms with Gasteiger partial charge in [-0.1, -0.05) is 0 Å². The summed E-state index contributed by atoms with van der Waals surface area (Å²) in [5.41, 5.74) is 1.80. The summed E-state index contributed by atoms with van der Waals surface area (Å²) < 4.78 is 5.46. The first-order chi connectivity index (χ1) is 9.65. The van der Waals surface area contributed by atoms with E-state index in [1.807, 2.05) is 30.9 Å². The Balaban J connectivity index is 1.77. The van der Waals surface area contributed by atoms with E-state index >= 15 is 0 Å². The van der Waals surface area contributed by atoms with E-state index in [-0.39, 0.29) is 5.91 Å². The van der Waals surface area contributed by atoms with E-state index in [0.717, 1.165) is 37.4 Å². The second-order valence-electron chi connectivity index (χ2n) is 5.43.